The van der Waals surface area contributed by atoms with E-state index in [1.165, 1.54) is 25.4 Å². The van der Waals surface area contributed by atoms with Gasteiger partial charge < -0.3 is 11.1 Å². The van der Waals surface area contributed by atoms with Crippen LogP contribution in [-0.2, 0) is 12.7 Å². The van der Waals surface area contributed by atoms with Crippen molar-refractivity contribution in [2.45, 2.75) is 19.6 Å². The zero-order chi connectivity index (χ0) is 28.7. The number of nitrogens with zero attached hydrogens (tertiary/aromatic N) is 7. The lowest BCUT2D eigenvalue weighted by molar-refractivity contribution is -0.145. The lowest BCUT2D eigenvalue weighted by atomic mass is 10.0. The molecule has 0 saturated heterocycles. The number of anilines is 1. The zero-order valence-electron chi connectivity index (χ0n) is 20.4. The summed E-state index contributed by atoms with van der Waals surface area (Å²) in [5.74, 6) is -2.12. The molecule has 0 bridgehead atoms. The molecule has 200 valence electrons. The second-order valence-corrected chi connectivity index (χ2v) is 8.02. The Balaban J connectivity index is 0.00000205. The minimum absolute atomic E-state index is 0.0132. The van der Waals surface area contributed by atoms with Crippen LogP contribution in [0.25, 0.3) is 11.3 Å². The van der Waals surface area contributed by atoms with E-state index < -0.39 is 17.9 Å². The van der Waals surface area contributed by atoms with Crippen molar-refractivity contribution >= 4 is 29.5 Å². The van der Waals surface area contributed by atoms with Crippen molar-refractivity contribution in [3.63, 3.8) is 0 Å². The van der Waals surface area contributed by atoms with Gasteiger partial charge in [0.05, 0.1) is 28.6 Å². The summed E-state index contributed by atoms with van der Waals surface area (Å²) in [6.45, 7) is 1.25. The molecule has 0 unspecified atom stereocenters. The number of aryl methyl sites for hydroxylation is 1. The van der Waals surface area contributed by atoms with Crippen LogP contribution in [0.4, 0.5) is 18.9 Å². The van der Waals surface area contributed by atoms with Gasteiger partial charge in [-0.05, 0) is 42.9 Å². The summed E-state index contributed by atoms with van der Waals surface area (Å²) in [4.78, 5) is 34.0. The van der Waals surface area contributed by atoms with Crippen LogP contribution < -0.4 is 11.1 Å². The van der Waals surface area contributed by atoms with Gasteiger partial charge >= 0.3 is 6.18 Å². The SMILES string of the molecule is CN.Cc1cc(C#N)cc(C=O)c1NC(=O)c1cnc(Cn2nnc(C(F)(F)F)n2)nc1-c1ccccc1Cl. The fourth-order valence-electron chi connectivity index (χ4n) is 3.39. The van der Waals surface area contributed by atoms with Gasteiger partial charge in [0, 0.05) is 22.3 Å². The summed E-state index contributed by atoms with van der Waals surface area (Å²) in [5.41, 5.74) is 5.93. The third kappa shape index (κ3) is 6.58. The number of aromatic nitrogens is 6. The van der Waals surface area contributed by atoms with Crippen LogP contribution >= 0.6 is 11.6 Å². The number of hydrogen-bond acceptors (Lipinski definition) is 9. The molecular weight excluding hydrogens is 539 g/mol. The zero-order valence-corrected chi connectivity index (χ0v) is 21.1. The molecule has 1 amide bonds. The van der Waals surface area contributed by atoms with E-state index in [0.29, 0.717) is 22.2 Å². The monoisotopic (exact) mass is 557 g/mol. The summed E-state index contributed by atoms with van der Waals surface area (Å²) in [6.07, 6.45) is -3.08. The standard InChI is InChI=1S/C23H14ClF3N8O2.CH5N/c1-12-6-13(8-28)7-14(11-36)19(12)31-21(37)16-9-29-18(10-35-33-22(32-34-35)23(25,26)27)30-20(16)15-4-2-3-5-17(15)24;1-2/h2-7,9,11H,10H2,1H3,(H,31,37);2H2,1H3. The van der Waals surface area contributed by atoms with Gasteiger partial charge in [-0.25, -0.2) is 9.97 Å². The van der Waals surface area contributed by atoms with Crippen LogP contribution in [0, 0.1) is 18.3 Å². The highest BCUT2D eigenvalue weighted by atomic mass is 35.5. The summed E-state index contributed by atoms with van der Waals surface area (Å²) >= 11 is 6.33. The molecule has 0 saturated carbocycles. The number of nitrogens with one attached hydrogen (secondary N) is 1. The number of carbonyl (C=O) groups excluding carboxylic acids is 2. The van der Waals surface area contributed by atoms with Crippen LogP contribution in [0.3, 0.4) is 0 Å². The molecule has 0 spiro atoms. The smallest absolute Gasteiger partial charge is 0.333 e. The lowest BCUT2D eigenvalue weighted by Crippen LogP contribution is -2.18. The predicted octanol–water partition coefficient (Wildman–Crippen LogP) is 3.67. The normalized spacial score (nSPS) is 10.7. The van der Waals surface area contributed by atoms with Crippen molar-refractivity contribution in [3.05, 3.63) is 81.5 Å². The largest absolute Gasteiger partial charge is 0.455 e. The number of hydrogen-bond donors (Lipinski definition) is 2. The molecule has 2 heterocycles. The number of aldehydes is 1. The van der Waals surface area contributed by atoms with Gasteiger partial charge in [-0.1, -0.05) is 29.8 Å². The molecule has 0 aliphatic rings. The number of nitrogens with two attached hydrogens (primary N) is 1. The van der Waals surface area contributed by atoms with Crippen LogP contribution in [0.2, 0.25) is 5.02 Å². The highest BCUT2D eigenvalue weighted by molar-refractivity contribution is 6.33. The van der Waals surface area contributed by atoms with Gasteiger partial charge in [0.2, 0.25) is 0 Å². The number of benzene rings is 2. The average Bonchev–Trinajstić information content (AvgIpc) is 3.40. The van der Waals surface area contributed by atoms with Crippen LogP contribution in [0.1, 0.15) is 43.5 Å². The number of rotatable bonds is 6. The highest BCUT2D eigenvalue weighted by Crippen LogP contribution is 2.30. The van der Waals surface area contributed by atoms with Crippen molar-refractivity contribution in [2.24, 2.45) is 5.73 Å². The Morgan fingerprint density at radius 3 is 2.59 bits per heavy atom. The number of nitriles is 1. The van der Waals surface area contributed by atoms with E-state index in [9.17, 15) is 22.8 Å². The molecule has 4 aromatic rings. The van der Waals surface area contributed by atoms with E-state index in [1.807, 2.05) is 6.07 Å². The number of alkyl halides is 3. The van der Waals surface area contributed by atoms with Gasteiger partial charge in [0.15, 0.2) is 12.1 Å². The number of tetrazole rings is 1. The number of amides is 1. The van der Waals surface area contributed by atoms with E-state index in [-0.39, 0.29) is 45.5 Å². The van der Waals surface area contributed by atoms with Crippen molar-refractivity contribution in [3.8, 4) is 17.3 Å². The van der Waals surface area contributed by atoms with E-state index >= 15 is 0 Å². The fraction of sp³-hybridized carbons (Fsp3) is 0.167. The molecule has 3 N–H and O–H groups in total. The second kappa shape index (κ2) is 12.2. The van der Waals surface area contributed by atoms with Crippen molar-refractivity contribution in [2.75, 3.05) is 12.4 Å². The minimum Gasteiger partial charge on any atom is -0.333 e. The first kappa shape index (κ1) is 28.8. The first-order chi connectivity index (χ1) is 18.6. The molecule has 39 heavy (non-hydrogen) atoms. The maximum atomic E-state index is 13.3. The molecule has 2 aromatic heterocycles. The Bertz CT molecular complexity index is 1570. The Kier molecular flexibility index (Phi) is 9.02. The average molecular weight is 558 g/mol. The van der Waals surface area contributed by atoms with Gasteiger partial charge in [0.25, 0.3) is 11.7 Å². The molecule has 11 nitrogen and oxygen atoms in total. The summed E-state index contributed by atoms with van der Waals surface area (Å²) < 4.78 is 38.4. The second-order valence-electron chi connectivity index (χ2n) is 7.61. The summed E-state index contributed by atoms with van der Waals surface area (Å²) in [6, 6.07) is 11.3. The molecule has 0 atom stereocenters. The van der Waals surface area contributed by atoms with Gasteiger partial charge in [0.1, 0.15) is 6.54 Å². The third-order valence-electron chi connectivity index (χ3n) is 5.06. The van der Waals surface area contributed by atoms with E-state index in [4.69, 9.17) is 16.9 Å². The van der Waals surface area contributed by atoms with Crippen molar-refractivity contribution < 1.29 is 22.8 Å². The molecule has 4 rings (SSSR count). The minimum atomic E-state index is -4.77. The van der Waals surface area contributed by atoms with E-state index in [0.717, 1.165) is 0 Å². The van der Waals surface area contributed by atoms with Crippen molar-refractivity contribution in [1.29, 1.82) is 5.26 Å². The van der Waals surface area contributed by atoms with E-state index in [2.05, 4.69) is 36.4 Å². The fourth-order valence-corrected chi connectivity index (χ4v) is 3.62. The predicted molar refractivity (Wildman–Crippen MR) is 134 cm³/mol. The van der Waals surface area contributed by atoms with Crippen LogP contribution in [0.5, 0.6) is 0 Å². The quantitative estimate of drug-likeness (QED) is 0.336. The Morgan fingerprint density at radius 2 is 1.97 bits per heavy atom. The Labute approximate surface area is 224 Å². The summed E-state index contributed by atoms with van der Waals surface area (Å²) in [7, 11) is 1.50. The maximum absolute atomic E-state index is 13.3. The maximum Gasteiger partial charge on any atom is 0.455 e. The molecule has 2 aromatic carbocycles. The van der Waals surface area contributed by atoms with Crippen molar-refractivity contribution in [1.82, 2.24) is 30.2 Å². The van der Waals surface area contributed by atoms with Crippen LogP contribution in [0.15, 0.2) is 42.6 Å². The molecule has 0 aliphatic carbocycles. The number of halogens is 4. The lowest BCUT2D eigenvalue weighted by Gasteiger charge is -2.14. The summed E-state index contributed by atoms with van der Waals surface area (Å²) in [5, 5.41) is 21.7. The van der Waals surface area contributed by atoms with Gasteiger partial charge in [-0.15, -0.1) is 10.2 Å². The number of carbonyl (C=O) groups is 2. The molecule has 0 fully saturated rings. The molecule has 0 aliphatic heterocycles. The first-order valence-corrected chi connectivity index (χ1v) is 11.3. The topological polar surface area (TPSA) is 165 Å². The Morgan fingerprint density at radius 1 is 1.26 bits per heavy atom. The van der Waals surface area contributed by atoms with Gasteiger partial charge in [-0.2, -0.15) is 23.2 Å². The first-order valence-electron chi connectivity index (χ1n) is 11.0. The Hall–Kier alpha value is -4.74. The molecule has 15 heteroatoms. The van der Waals surface area contributed by atoms with E-state index in [1.54, 1.807) is 31.2 Å². The molecular formula is C24H19ClF3N9O2. The third-order valence-corrected chi connectivity index (χ3v) is 5.39. The van der Waals surface area contributed by atoms with Gasteiger partial charge in [-0.3, -0.25) is 9.59 Å². The van der Waals surface area contributed by atoms with Crippen LogP contribution in [-0.4, -0.2) is 49.4 Å². The highest BCUT2D eigenvalue weighted by Gasteiger charge is 2.36. The molecule has 0 radical (unpaired) electrons.